The molecule has 1 aromatic carbocycles. The monoisotopic (exact) mass is 319 g/mol. The molecule has 2 heterocycles. The first-order valence-corrected chi connectivity index (χ1v) is 8.25. The van der Waals surface area contributed by atoms with Gasteiger partial charge in [0.25, 0.3) is 0 Å². The number of amides is 1. The smallest absolute Gasteiger partial charge is 0.224 e. The third-order valence-corrected chi connectivity index (χ3v) is 4.48. The molecule has 1 aromatic rings. The number of nitrogens with one attached hydrogen (secondary N) is 1. The van der Waals surface area contributed by atoms with Crippen molar-refractivity contribution in [3.8, 4) is 5.75 Å². The molecule has 1 N–H and O–H groups in total. The number of piperazine rings is 1. The zero-order valence-electron chi connectivity index (χ0n) is 13.7. The number of morpholine rings is 1. The number of nitrogens with zero attached hydrogens (tertiary/aromatic N) is 2. The molecule has 0 spiro atoms. The summed E-state index contributed by atoms with van der Waals surface area (Å²) in [6.45, 7) is 5.38. The van der Waals surface area contributed by atoms with Crippen LogP contribution in [0, 0.1) is 0 Å². The highest BCUT2D eigenvalue weighted by molar-refractivity contribution is 5.77. The molecule has 3 rings (SSSR count). The van der Waals surface area contributed by atoms with Gasteiger partial charge >= 0.3 is 0 Å². The molecular weight excluding hydrogens is 294 g/mol. The number of anilines is 1. The zero-order chi connectivity index (χ0) is 16.1. The van der Waals surface area contributed by atoms with Gasteiger partial charge in [0.2, 0.25) is 5.91 Å². The Morgan fingerprint density at radius 1 is 1.30 bits per heavy atom. The van der Waals surface area contributed by atoms with Gasteiger partial charge in [0.1, 0.15) is 5.75 Å². The van der Waals surface area contributed by atoms with E-state index in [1.54, 1.807) is 7.11 Å². The van der Waals surface area contributed by atoms with Crippen LogP contribution in [0.25, 0.3) is 0 Å². The van der Waals surface area contributed by atoms with Crippen molar-refractivity contribution in [2.45, 2.75) is 12.5 Å². The van der Waals surface area contributed by atoms with E-state index in [2.05, 4.69) is 16.3 Å². The molecule has 0 radical (unpaired) electrons. The number of hydrogen-bond acceptors (Lipinski definition) is 5. The van der Waals surface area contributed by atoms with Crippen LogP contribution in [0.5, 0.6) is 5.75 Å². The lowest BCUT2D eigenvalue weighted by molar-refractivity contribution is -0.132. The summed E-state index contributed by atoms with van der Waals surface area (Å²) in [5.41, 5.74) is 1.10. The van der Waals surface area contributed by atoms with Gasteiger partial charge in [-0.1, -0.05) is 12.1 Å². The van der Waals surface area contributed by atoms with E-state index in [4.69, 9.17) is 9.47 Å². The van der Waals surface area contributed by atoms with Crippen LogP contribution >= 0.6 is 0 Å². The maximum atomic E-state index is 12.4. The SMILES string of the molecule is COc1ccccc1N1CCN(C(=O)CC2COCCN2)CC1. The fourth-order valence-corrected chi connectivity index (χ4v) is 3.18. The van der Waals surface area contributed by atoms with Gasteiger partial charge in [-0.3, -0.25) is 4.79 Å². The normalized spacial score (nSPS) is 22.0. The maximum absolute atomic E-state index is 12.4. The predicted octanol–water partition coefficient (Wildman–Crippen LogP) is 0.722. The lowest BCUT2D eigenvalue weighted by Crippen LogP contribution is -2.51. The number of carbonyl (C=O) groups excluding carboxylic acids is 1. The van der Waals surface area contributed by atoms with Crippen LogP contribution in [0.2, 0.25) is 0 Å². The molecule has 0 aliphatic carbocycles. The molecule has 0 aromatic heterocycles. The highest BCUT2D eigenvalue weighted by Crippen LogP contribution is 2.28. The van der Waals surface area contributed by atoms with Crippen LogP contribution in [0.3, 0.4) is 0 Å². The molecule has 6 nitrogen and oxygen atoms in total. The first-order chi connectivity index (χ1) is 11.3. The van der Waals surface area contributed by atoms with Crippen molar-refractivity contribution in [3.05, 3.63) is 24.3 Å². The summed E-state index contributed by atoms with van der Waals surface area (Å²) in [6, 6.07) is 8.19. The van der Waals surface area contributed by atoms with Crippen molar-refractivity contribution < 1.29 is 14.3 Å². The fraction of sp³-hybridized carbons (Fsp3) is 0.588. The molecule has 126 valence electrons. The van der Waals surface area contributed by atoms with Crippen molar-refractivity contribution >= 4 is 11.6 Å². The average Bonchev–Trinajstić information content (AvgIpc) is 2.62. The van der Waals surface area contributed by atoms with E-state index in [9.17, 15) is 4.79 Å². The summed E-state index contributed by atoms with van der Waals surface area (Å²) in [5, 5.41) is 3.34. The van der Waals surface area contributed by atoms with Gasteiger partial charge < -0.3 is 24.6 Å². The van der Waals surface area contributed by atoms with E-state index >= 15 is 0 Å². The van der Waals surface area contributed by atoms with E-state index in [0.29, 0.717) is 13.0 Å². The van der Waals surface area contributed by atoms with E-state index < -0.39 is 0 Å². The largest absolute Gasteiger partial charge is 0.495 e. The van der Waals surface area contributed by atoms with Crippen LogP contribution in [-0.2, 0) is 9.53 Å². The number of benzene rings is 1. The molecule has 1 amide bonds. The molecule has 0 saturated carbocycles. The third-order valence-electron chi connectivity index (χ3n) is 4.48. The number of methoxy groups -OCH3 is 1. The predicted molar refractivity (Wildman–Crippen MR) is 89.0 cm³/mol. The van der Waals surface area contributed by atoms with Crippen LogP contribution in [0.15, 0.2) is 24.3 Å². The summed E-state index contributed by atoms with van der Waals surface area (Å²) >= 11 is 0. The van der Waals surface area contributed by atoms with Gasteiger partial charge in [0, 0.05) is 45.2 Å². The van der Waals surface area contributed by atoms with E-state index in [1.165, 1.54) is 0 Å². The minimum absolute atomic E-state index is 0.156. The molecule has 0 bridgehead atoms. The Hall–Kier alpha value is -1.79. The van der Waals surface area contributed by atoms with E-state index in [0.717, 1.165) is 50.8 Å². The highest BCUT2D eigenvalue weighted by Gasteiger charge is 2.25. The topological polar surface area (TPSA) is 54.0 Å². The number of rotatable bonds is 4. The zero-order valence-corrected chi connectivity index (χ0v) is 13.7. The Balaban J connectivity index is 1.52. The molecule has 6 heteroatoms. The number of para-hydroxylation sites is 2. The first kappa shape index (κ1) is 16.1. The molecule has 23 heavy (non-hydrogen) atoms. The van der Waals surface area contributed by atoms with Gasteiger partial charge in [-0.15, -0.1) is 0 Å². The minimum Gasteiger partial charge on any atom is -0.495 e. The summed E-state index contributed by atoms with van der Waals surface area (Å²) in [7, 11) is 1.69. The lowest BCUT2D eigenvalue weighted by Gasteiger charge is -2.37. The van der Waals surface area contributed by atoms with Gasteiger partial charge in [0.05, 0.1) is 26.0 Å². The standard InChI is InChI=1S/C17H25N3O3/c1-22-16-5-3-2-4-15(16)19-7-9-20(10-8-19)17(21)12-14-13-23-11-6-18-14/h2-5,14,18H,6-13H2,1H3. The second kappa shape index (κ2) is 7.66. The summed E-state index contributed by atoms with van der Waals surface area (Å²) in [5.74, 6) is 1.10. The van der Waals surface area contributed by atoms with Crippen LogP contribution in [0.1, 0.15) is 6.42 Å². The summed E-state index contributed by atoms with van der Waals surface area (Å²) < 4.78 is 10.8. The quantitative estimate of drug-likeness (QED) is 0.886. The Labute approximate surface area is 137 Å². The Morgan fingerprint density at radius 3 is 2.78 bits per heavy atom. The van der Waals surface area contributed by atoms with Gasteiger partial charge in [-0.2, -0.15) is 0 Å². The first-order valence-electron chi connectivity index (χ1n) is 8.25. The number of ether oxygens (including phenoxy) is 2. The molecule has 2 saturated heterocycles. The second-order valence-corrected chi connectivity index (χ2v) is 5.97. The van der Waals surface area contributed by atoms with Crippen molar-refractivity contribution in [3.63, 3.8) is 0 Å². The fourth-order valence-electron chi connectivity index (χ4n) is 3.18. The molecule has 2 aliphatic heterocycles. The van der Waals surface area contributed by atoms with Gasteiger partial charge in [-0.25, -0.2) is 0 Å². The molecule has 2 aliphatic rings. The Bertz CT molecular complexity index is 524. The molecular formula is C17H25N3O3. The summed E-state index contributed by atoms with van der Waals surface area (Å²) in [4.78, 5) is 16.7. The van der Waals surface area contributed by atoms with Crippen molar-refractivity contribution in [1.29, 1.82) is 0 Å². The van der Waals surface area contributed by atoms with Gasteiger partial charge in [0.15, 0.2) is 0 Å². The lowest BCUT2D eigenvalue weighted by atomic mass is 10.1. The Kier molecular flexibility index (Phi) is 5.35. The van der Waals surface area contributed by atoms with Crippen molar-refractivity contribution in [1.82, 2.24) is 10.2 Å². The van der Waals surface area contributed by atoms with Gasteiger partial charge in [-0.05, 0) is 12.1 Å². The number of carbonyl (C=O) groups is 1. The molecule has 2 fully saturated rings. The highest BCUT2D eigenvalue weighted by atomic mass is 16.5. The van der Waals surface area contributed by atoms with Crippen molar-refractivity contribution in [2.75, 3.05) is 57.9 Å². The van der Waals surface area contributed by atoms with Crippen molar-refractivity contribution in [2.24, 2.45) is 0 Å². The minimum atomic E-state index is 0.156. The average molecular weight is 319 g/mol. The van der Waals surface area contributed by atoms with E-state index in [1.807, 2.05) is 23.1 Å². The van der Waals surface area contributed by atoms with E-state index in [-0.39, 0.29) is 11.9 Å². The number of hydrogen-bond donors (Lipinski definition) is 1. The summed E-state index contributed by atoms with van der Waals surface area (Å²) in [6.07, 6.45) is 0.522. The van der Waals surface area contributed by atoms with Crippen LogP contribution in [0.4, 0.5) is 5.69 Å². The molecule has 1 atom stereocenters. The molecule has 1 unspecified atom stereocenters. The maximum Gasteiger partial charge on any atom is 0.224 e. The Morgan fingerprint density at radius 2 is 2.09 bits per heavy atom. The second-order valence-electron chi connectivity index (χ2n) is 5.97. The van der Waals surface area contributed by atoms with Crippen LogP contribution < -0.4 is 15.0 Å². The van der Waals surface area contributed by atoms with Crippen LogP contribution in [-0.4, -0.2) is 69.9 Å². The third kappa shape index (κ3) is 3.95.